The molecule has 0 atom stereocenters. The van der Waals surface area contributed by atoms with Gasteiger partial charge >= 0.3 is 0 Å². The Balaban J connectivity index is 1.96. The number of amides is 1. The van der Waals surface area contributed by atoms with Gasteiger partial charge < -0.3 is 5.32 Å². The van der Waals surface area contributed by atoms with Gasteiger partial charge in [-0.05, 0) is 50.6 Å². The second-order valence-corrected chi connectivity index (χ2v) is 8.72. The number of likely N-dealkylation sites (N-methyl/N-ethyl adjacent to an activating group) is 1. The SMILES string of the molecule is CC(C)CCN(C)CC(=O)Nc1cccc(S(=O)(=O)NC2=NCCC2)c1. The highest BCUT2D eigenvalue weighted by Gasteiger charge is 2.19. The number of hydrogen-bond acceptors (Lipinski definition) is 5. The van der Waals surface area contributed by atoms with Gasteiger partial charge in [-0.1, -0.05) is 19.9 Å². The van der Waals surface area contributed by atoms with Crippen molar-refractivity contribution in [2.45, 2.75) is 38.0 Å². The van der Waals surface area contributed by atoms with Crippen LogP contribution in [0.4, 0.5) is 5.69 Å². The summed E-state index contributed by atoms with van der Waals surface area (Å²) >= 11 is 0. The quantitative estimate of drug-likeness (QED) is 0.722. The summed E-state index contributed by atoms with van der Waals surface area (Å²) in [5.41, 5.74) is 0.462. The lowest BCUT2D eigenvalue weighted by atomic mass is 10.1. The van der Waals surface area contributed by atoms with E-state index < -0.39 is 10.0 Å². The van der Waals surface area contributed by atoms with E-state index in [4.69, 9.17) is 0 Å². The number of sulfonamides is 1. The van der Waals surface area contributed by atoms with Crippen molar-refractivity contribution in [3.05, 3.63) is 24.3 Å². The Morgan fingerprint density at radius 3 is 2.77 bits per heavy atom. The molecule has 7 nitrogen and oxygen atoms in total. The van der Waals surface area contributed by atoms with Gasteiger partial charge in [0.25, 0.3) is 10.0 Å². The molecular weight excluding hydrogens is 352 g/mol. The first-order valence-corrected chi connectivity index (χ1v) is 10.4. The maximum atomic E-state index is 12.4. The van der Waals surface area contributed by atoms with Crippen LogP contribution in [-0.2, 0) is 14.8 Å². The lowest BCUT2D eigenvalue weighted by Crippen LogP contribution is -2.31. The molecule has 0 radical (unpaired) electrons. The predicted molar refractivity (Wildman–Crippen MR) is 104 cm³/mol. The fraction of sp³-hybridized carbons (Fsp3) is 0.556. The first-order chi connectivity index (χ1) is 12.3. The normalized spacial score (nSPS) is 14.6. The van der Waals surface area contributed by atoms with Crippen molar-refractivity contribution in [1.29, 1.82) is 0 Å². The lowest BCUT2D eigenvalue weighted by molar-refractivity contribution is -0.117. The number of amidine groups is 1. The van der Waals surface area contributed by atoms with Gasteiger partial charge in [0.2, 0.25) is 5.91 Å². The second kappa shape index (κ2) is 9.14. The van der Waals surface area contributed by atoms with E-state index in [1.807, 2.05) is 11.9 Å². The average Bonchev–Trinajstić information content (AvgIpc) is 3.05. The minimum atomic E-state index is -3.69. The van der Waals surface area contributed by atoms with Gasteiger partial charge in [-0.3, -0.25) is 19.4 Å². The largest absolute Gasteiger partial charge is 0.325 e. The van der Waals surface area contributed by atoms with Crippen LogP contribution in [-0.4, -0.2) is 51.7 Å². The minimum absolute atomic E-state index is 0.109. The predicted octanol–water partition coefficient (Wildman–Crippen LogP) is 2.07. The number of nitrogens with zero attached hydrogens (tertiary/aromatic N) is 2. The van der Waals surface area contributed by atoms with E-state index in [9.17, 15) is 13.2 Å². The summed E-state index contributed by atoms with van der Waals surface area (Å²) in [5.74, 6) is 0.907. The zero-order valence-electron chi connectivity index (χ0n) is 15.7. The highest BCUT2D eigenvalue weighted by Crippen LogP contribution is 2.16. The number of nitrogens with one attached hydrogen (secondary N) is 2. The monoisotopic (exact) mass is 380 g/mol. The molecule has 0 aliphatic carbocycles. The fourth-order valence-corrected chi connectivity index (χ4v) is 3.72. The molecule has 1 amide bonds. The Labute approximate surface area is 155 Å². The van der Waals surface area contributed by atoms with Crippen molar-refractivity contribution in [3.63, 3.8) is 0 Å². The molecule has 144 valence electrons. The van der Waals surface area contributed by atoms with Gasteiger partial charge in [0.15, 0.2) is 0 Å². The van der Waals surface area contributed by atoms with Gasteiger partial charge in [0, 0.05) is 18.7 Å². The standard InChI is InChI=1S/C18H28N4O3S/c1-14(2)9-11-22(3)13-18(23)20-15-6-4-7-16(12-15)26(24,25)21-17-8-5-10-19-17/h4,6-7,12,14H,5,8-11,13H2,1-3H3,(H,19,21)(H,20,23). The highest BCUT2D eigenvalue weighted by molar-refractivity contribution is 7.90. The van der Waals surface area contributed by atoms with E-state index in [2.05, 4.69) is 28.9 Å². The van der Waals surface area contributed by atoms with E-state index in [1.54, 1.807) is 12.1 Å². The third-order valence-corrected chi connectivity index (χ3v) is 5.44. The molecule has 1 aliphatic heterocycles. The van der Waals surface area contributed by atoms with Crippen LogP contribution in [0.2, 0.25) is 0 Å². The minimum Gasteiger partial charge on any atom is -0.325 e. The summed E-state index contributed by atoms with van der Waals surface area (Å²) in [5, 5.41) is 2.76. The van der Waals surface area contributed by atoms with Crippen LogP contribution in [0.3, 0.4) is 0 Å². The van der Waals surface area contributed by atoms with Crippen LogP contribution in [0.25, 0.3) is 0 Å². The molecule has 1 aromatic carbocycles. The molecular formula is C18H28N4O3S. The first-order valence-electron chi connectivity index (χ1n) is 8.91. The Morgan fingerprint density at radius 2 is 2.12 bits per heavy atom. The molecule has 1 heterocycles. The van der Waals surface area contributed by atoms with Crippen LogP contribution in [0.5, 0.6) is 0 Å². The number of carbonyl (C=O) groups excluding carboxylic acids is 1. The van der Waals surface area contributed by atoms with E-state index in [0.29, 0.717) is 30.4 Å². The summed E-state index contributed by atoms with van der Waals surface area (Å²) in [4.78, 5) is 18.4. The molecule has 0 fully saturated rings. The second-order valence-electron chi connectivity index (χ2n) is 7.03. The number of benzene rings is 1. The molecule has 0 unspecified atom stereocenters. The summed E-state index contributed by atoms with van der Waals surface area (Å²) < 4.78 is 27.4. The third kappa shape index (κ3) is 6.42. The average molecular weight is 381 g/mol. The molecule has 0 saturated carbocycles. The molecule has 0 bridgehead atoms. The first kappa shape index (κ1) is 20.4. The molecule has 0 spiro atoms. The van der Waals surface area contributed by atoms with Gasteiger partial charge in [0.1, 0.15) is 5.84 Å². The van der Waals surface area contributed by atoms with Crippen molar-refractivity contribution < 1.29 is 13.2 Å². The van der Waals surface area contributed by atoms with Gasteiger partial charge in [-0.25, -0.2) is 8.42 Å². The molecule has 0 saturated heterocycles. The summed E-state index contributed by atoms with van der Waals surface area (Å²) in [6.07, 6.45) is 2.52. The topological polar surface area (TPSA) is 90.9 Å². The van der Waals surface area contributed by atoms with Gasteiger partial charge in [0.05, 0.1) is 11.4 Å². The fourth-order valence-electron chi connectivity index (χ4n) is 2.58. The van der Waals surface area contributed by atoms with E-state index >= 15 is 0 Å². The van der Waals surface area contributed by atoms with Crippen molar-refractivity contribution in [1.82, 2.24) is 9.62 Å². The number of aliphatic imine (C=N–C) groups is 1. The smallest absolute Gasteiger partial charge is 0.262 e. The van der Waals surface area contributed by atoms with Crippen LogP contribution < -0.4 is 10.0 Å². The summed E-state index contributed by atoms with van der Waals surface area (Å²) in [6.45, 7) is 6.04. The Hall–Kier alpha value is -1.93. The van der Waals surface area contributed by atoms with Gasteiger partial charge in [-0.2, -0.15) is 0 Å². The van der Waals surface area contributed by atoms with Crippen LogP contribution in [0, 0.1) is 5.92 Å². The van der Waals surface area contributed by atoms with Crippen LogP contribution in [0.1, 0.15) is 33.1 Å². The van der Waals surface area contributed by atoms with Crippen molar-refractivity contribution >= 4 is 27.5 Å². The Bertz CT molecular complexity index is 759. The number of anilines is 1. The molecule has 1 aromatic rings. The Kier molecular flexibility index (Phi) is 7.16. The van der Waals surface area contributed by atoms with E-state index in [0.717, 1.165) is 19.4 Å². The lowest BCUT2D eigenvalue weighted by Gasteiger charge is -2.17. The van der Waals surface area contributed by atoms with Crippen molar-refractivity contribution in [2.24, 2.45) is 10.9 Å². The maximum absolute atomic E-state index is 12.4. The van der Waals surface area contributed by atoms with Crippen LogP contribution in [0.15, 0.2) is 34.2 Å². The van der Waals surface area contributed by atoms with E-state index in [-0.39, 0.29) is 17.3 Å². The maximum Gasteiger partial charge on any atom is 0.262 e. The molecule has 0 aromatic heterocycles. The van der Waals surface area contributed by atoms with Crippen molar-refractivity contribution in [3.8, 4) is 0 Å². The number of hydrogen-bond donors (Lipinski definition) is 2. The highest BCUT2D eigenvalue weighted by atomic mass is 32.2. The van der Waals surface area contributed by atoms with Crippen molar-refractivity contribution in [2.75, 3.05) is 32.0 Å². The van der Waals surface area contributed by atoms with Gasteiger partial charge in [-0.15, -0.1) is 0 Å². The molecule has 2 rings (SSSR count). The summed E-state index contributed by atoms with van der Waals surface area (Å²) in [6, 6.07) is 6.26. The van der Waals surface area contributed by atoms with E-state index in [1.165, 1.54) is 12.1 Å². The molecule has 8 heteroatoms. The zero-order chi connectivity index (χ0) is 19.2. The number of rotatable bonds is 8. The van der Waals surface area contributed by atoms with Crippen LogP contribution >= 0.6 is 0 Å². The zero-order valence-corrected chi connectivity index (χ0v) is 16.5. The third-order valence-electron chi connectivity index (χ3n) is 4.06. The summed E-state index contributed by atoms with van der Waals surface area (Å²) in [7, 11) is -1.79. The molecule has 2 N–H and O–H groups in total. The number of carbonyl (C=O) groups is 1. The molecule has 26 heavy (non-hydrogen) atoms. The Morgan fingerprint density at radius 1 is 1.35 bits per heavy atom. The molecule has 1 aliphatic rings.